The Morgan fingerprint density at radius 3 is 2.64 bits per heavy atom. The highest BCUT2D eigenvalue weighted by atomic mass is 32.2. The van der Waals surface area contributed by atoms with Crippen LogP contribution in [0.15, 0.2) is 58.0 Å². The van der Waals surface area contributed by atoms with Gasteiger partial charge >= 0.3 is 0 Å². The molecule has 1 aliphatic rings. The van der Waals surface area contributed by atoms with Gasteiger partial charge in [-0.05, 0) is 56.2 Å². The second kappa shape index (κ2) is 8.13. The zero-order valence-corrected chi connectivity index (χ0v) is 19.1. The van der Waals surface area contributed by atoms with Crippen LogP contribution in [0.5, 0.6) is 0 Å². The van der Waals surface area contributed by atoms with Crippen molar-refractivity contribution >= 4 is 32.7 Å². The molecule has 33 heavy (non-hydrogen) atoms. The van der Waals surface area contributed by atoms with Gasteiger partial charge in [-0.25, -0.2) is 13.4 Å². The smallest absolute Gasteiger partial charge is 0.256 e. The number of aryl methyl sites for hydroxylation is 2. The minimum absolute atomic E-state index is 0.163. The van der Waals surface area contributed by atoms with Gasteiger partial charge in [0.05, 0.1) is 27.8 Å². The van der Waals surface area contributed by atoms with Crippen molar-refractivity contribution < 1.29 is 17.6 Å². The fraction of sp³-hybridized carbons (Fsp3) is 0.261. The molecular weight excluding hydrogens is 442 g/mol. The van der Waals surface area contributed by atoms with E-state index in [0.29, 0.717) is 52.5 Å². The normalized spacial score (nSPS) is 14.7. The number of rotatable bonds is 5. The van der Waals surface area contributed by atoms with Gasteiger partial charge in [-0.1, -0.05) is 6.07 Å². The van der Waals surface area contributed by atoms with Gasteiger partial charge in [0.15, 0.2) is 11.4 Å². The standard InChI is InChI=1S/C23H23N5O4S/c1-15-21-18(14-19(20-9-6-12-32-20)25-22(21)27(2)26-15)23(29)24-16-7-5-8-17(13-16)33(30,31)28-10-3-4-11-28/h5-9,12-14H,3-4,10-11H2,1-2H3,(H,24,29). The van der Waals surface area contributed by atoms with Gasteiger partial charge in [-0.2, -0.15) is 9.40 Å². The number of furan rings is 1. The van der Waals surface area contributed by atoms with Gasteiger partial charge in [0.2, 0.25) is 10.0 Å². The molecule has 1 aromatic carbocycles. The van der Waals surface area contributed by atoms with E-state index < -0.39 is 10.0 Å². The third kappa shape index (κ3) is 3.81. The summed E-state index contributed by atoms with van der Waals surface area (Å²) in [5.74, 6) is 0.144. The second-order valence-electron chi connectivity index (χ2n) is 8.03. The van der Waals surface area contributed by atoms with Gasteiger partial charge in [0.1, 0.15) is 5.69 Å². The molecule has 0 radical (unpaired) electrons. The lowest BCUT2D eigenvalue weighted by Crippen LogP contribution is -2.27. The van der Waals surface area contributed by atoms with Crippen molar-refractivity contribution in [3.63, 3.8) is 0 Å². The van der Waals surface area contributed by atoms with Crippen molar-refractivity contribution in [2.75, 3.05) is 18.4 Å². The first-order valence-corrected chi connectivity index (χ1v) is 12.1. The van der Waals surface area contributed by atoms with Crippen LogP contribution in [-0.4, -0.2) is 46.5 Å². The maximum Gasteiger partial charge on any atom is 0.256 e. The highest BCUT2D eigenvalue weighted by molar-refractivity contribution is 7.89. The molecule has 170 valence electrons. The minimum atomic E-state index is -3.59. The van der Waals surface area contributed by atoms with Crippen LogP contribution in [0.4, 0.5) is 5.69 Å². The number of nitrogens with zero attached hydrogens (tertiary/aromatic N) is 4. The van der Waals surface area contributed by atoms with Crippen LogP contribution >= 0.6 is 0 Å². The van der Waals surface area contributed by atoms with Crippen molar-refractivity contribution in [1.82, 2.24) is 19.1 Å². The van der Waals surface area contributed by atoms with Crippen molar-refractivity contribution in [2.45, 2.75) is 24.7 Å². The number of hydrogen-bond acceptors (Lipinski definition) is 6. The molecule has 4 heterocycles. The van der Waals surface area contributed by atoms with Gasteiger partial charge in [-0.3, -0.25) is 9.48 Å². The quantitative estimate of drug-likeness (QED) is 0.482. The Labute approximate surface area is 191 Å². The molecule has 0 aliphatic carbocycles. The van der Waals surface area contributed by atoms with E-state index in [1.54, 1.807) is 54.4 Å². The first-order chi connectivity index (χ1) is 15.8. The summed E-state index contributed by atoms with van der Waals surface area (Å²) in [5, 5.41) is 7.89. The van der Waals surface area contributed by atoms with E-state index in [2.05, 4.69) is 15.4 Å². The van der Waals surface area contributed by atoms with E-state index in [9.17, 15) is 13.2 Å². The summed E-state index contributed by atoms with van der Waals surface area (Å²) >= 11 is 0. The number of sulfonamides is 1. The molecule has 1 saturated heterocycles. The summed E-state index contributed by atoms with van der Waals surface area (Å²) in [6, 6.07) is 11.5. The third-order valence-corrected chi connectivity index (χ3v) is 7.68. The van der Waals surface area contributed by atoms with Crippen LogP contribution in [0.3, 0.4) is 0 Å². The van der Waals surface area contributed by atoms with E-state index >= 15 is 0 Å². The van der Waals surface area contributed by atoms with Gasteiger partial charge < -0.3 is 9.73 Å². The van der Waals surface area contributed by atoms with Crippen molar-refractivity contribution in [2.24, 2.45) is 7.05 Å². The SMILES string of the molecule is Cc1nn(C)c2nc(-c3ccco3)cc(C(=O)Nc3cccc(S(=O)(=O)N4CCCC4)c3)c12. The van der Waals surface area contributed by atoms with E-state index in [-0.39, 0.29) is 10.8 Å². The Kier molecular flexibility index (Phi) is 5.26. The maximum absolute atomic E-state index is 13.4. The largest absolute Gasteiger partial charge is 0.463 e. The highest BCUT2D eigenvalue weighted by Gasteiger charge is 2.27. The monoisotopic (exact) mass is 465 g/mol. The van der Waals surface area contributed by atoms with Crippen molar-refractivity contribution in [3.05, 3.63) is 60.0 Å². The summed E-state index contributed by atoms with van der Waals surface area (Å²) < 4.78 is 34.4. The van der Waals surface area contributed by atoms with E-state index in [1.165, 1.54) is 10.4 Å². The topological polar surface area (TPSA) is 110 Å². The second-order valence-corrected chi connectivity index (χ2v) is 9.97. The summed E-state index contributed by atoms with van der Waals surface area (Å²) in [4.78, 5) is 18.1. The average Bonchev–Trinajstić information content (AvgIpc) is 3.56. The molecule has 3 aromatic heterocycles. The molecule has 1 fully saturated rings. The Bertz CT molecular complexity index is 1450. The van der Waals surface area contributed by atoms with Crippen LogP contribution in [0.1, 0.15) is 28.9 Å². The summed E-state index contributed by atoms with van der Waals surface area (Å²) in [7, 11) is -1.82. The average molecular weight is 466 g/mol. The number of benzene rings is 1. The molecule has 0 bridgehead atoms. The van der Waals surface area contributed by atoms with Crippen LogP contribution in [0, 0.1) is 6.92 Å². The number of carbonyl (C=O) groups is 1. The number of anilines is 1. The number of amides is 1. The molecule has 10 heteroatoms. The number of nitrogens with one attached hydrogen (secondary N) is 1. The first kappa shape index (κ1) is 21.4. The fourth-order valence-corrected chi connectivity index (χ4v) is 5.75. The van der Waals surface area contributed by atoms with Crippen LogP contribution < -0.4 is 5.32 Å². The predicted molar refractivity (Wildman–Crippen MR) is 123 cm³/mol. The van der Waals surface area contributed by atoms with Gasteiger partial charge in [-0.15, -0.1) is 0 Å². The Balaban J connectivity index is 1.52. The van der Waals surface area contributed by atoms with E-state index in [1.807, 2.05) is 6.92 Å². The molecule has 1 amide bonds. The molecule has 0 saturated carbocycles. The predicted octanol–water partition coefficient (Wildman–Crippen LogP) is 3.57. The molecule has 5 rings (SSSR count). The van der Waals surface area contributed by atoms with Crippen molar-refractivity contribution in [3.8, 4) is 11.5 Å². The lowest BCUT2D eigenvalue weighted by Gasteiger charge is -2.16. The van der Waals surface area contributed by atoms with E-state index in [4.69, 9.17) is 4.42 Å². The lowest BCUT2D eigenvalue weighted by molar-refractivity contribution is 0.102. The molecule has 9 nitrogen and oxygen atoms in total. The van der Waals surface area contributed by atoms with Gasteiger partial charge in [0, 0.05) is 25.8 Å². The van der Waals surface area contributed by atoms with Crippen LogP contribution in [-0.2, 0) is 17.1 Å². The number of hydrogen-bond donors (Lipinski definition) is 1. The molecular formula is C23H23N5O4S. The number of aromatic nitrogens is 3. The Morgan fingerprint density at radius 2 is 1.91 bits per heavy atom. The Hall–Kier alpha value is -3.50. The third-order valence-electron chi connectivity index (χ3n) is 5.78. The summed E-state index contributed by atoms with van der Waals surface area (Å²) in [6.07, 6.45) is 3.26. The zero-order valence-electron chi connectivity index (χ0n) is 18.3. The lowest BCUT2D eigenvalue weighted by atomic mass is 10.1. The van der Waals surface area contributed by atoms with Crippen molar-refractivity contribution in [1.29, 1.82) is 0 Å². The number of pyridine rings is 1. The van der Waals surface area contributed by atoms with E-state index in [0.717, 1.165) is 12.8 Å². The summed E-state index contributed by atoms with van der Waals surface area (Å²) in [6.45, 7) is 2.85. The Morgan fingerprint density at radius 1 is 1.12 bits per heavy atom. The molecule has 1 aliphatic heterocycles. The molecule has 0 unspecified atom stereocenters. The maximum atomic E-state index is 13.4. The van der Waals surface area contributed by atoms with Crippen LogP contribution in [0.2, 0.25) is 0 Å². The highest BCUT2D eigenvalue weighted by Crippen LogP contribution is 2.28. The fourth-order valence-electron chi connectivity index (χ4n) is 4.18. The molecule has 0 atom stereocenters. The molecule has 1 N–H and O–H groups in total. The minimum Gasteiger partial charge on any atom is -0.463 e. The summed E-state index contributed by atoms with van der Waals surface area (Å²) in [5.41, 5.74) is 2.50. The number of carbonyl (C=O) groups excluding carboxylic acids is 1. The molecule has 4 aromatic rings. The number of fused-ring (bicyclic) bond motifs is 1. The first-order valence-electron chi connectivity index (χ1n) is 10.6. The zero-order chi connectivity index (χ0) is 23.2. The van der Waals surface area contributed by atoms with Crippen LogP contribution in [0.25, 0.3) is 22.5 Å². The van der Waals surface area contributed by atoms with Gasteiger partial charge in [0.25, 0.3) is 5.91 Å². The molecule has 0 spiro atoms.